The number of benzene rings is 2. The fraction of sp³-hybridized carbons (Fsp3) is 0.364. The molecule has 2 fully saturated rings. The molecule has 2 aromatic rings. The van der Waals surface area contributed by atoms with E-state index in [2.05, 4.69) is 4.90 Å². The van der Waals surface area contributed by atoms with Crippen LogP contribution in [0.3, 0.4) is 0 Å². The number of carbonyl (C=O) groups excluding carboxylic acids is 2. The van der Waals surface area contributed by atoms with Crippen LogP contribution in [0.25, 0.3) is 0 Å². The number of rotatable bonds is 5. The summed E-state index contributed by atoms with van der Waals surface area (Å²) in [5, 5.41) is 0.920. The molecule has 0 spiro atoms. The van der Waals surface area contributed by atoms with Gasteiger partial charge in [-0.15, -0.1) is 11.8 Å². The number of thioether (sulfide) groups is 1. The average Bonchev–Trinajstić information content (AvgIpc) is 3.15. The molecule has 2 aliphatic heterocycles. The second-order valence-electron chi connectivity index (χ2n) is 7.56. The third-order valence-corrected chi connectivity index (χ3v) is 7.60. The molecule has 164 valence electrons. The van der Waals surface area contributed by atoms with Crippen molar-refractivity contribution < 1.29 is 14.0 Å². The van der Waals surface area contributed by atoms with Gasteiger partial charge in [0, 0.05) is 44.8 Å². The molecule has 2 heterocycles. The highest BCUT2D eigenvalue weighted by Crippen LogP contribution is 2.40. The number of carbonyl (C=O) groups is 2. The van der Waals surface area contributed by atoms with Gasteiger partial charge in [-0.1, -0.05) is 29.3 Å². The number of hydrogen-bond donors (Lipinski definition) is 0. The Balaban J connectivity index is 1.31. The second-order valence-corrected chi connectivity index (χ2v) is 9.45. The molecule has 0 aliphatic carbocycles. The lowest BCUT2D eigenvalue weighted by Gasteiger charge is -2.36. The predicted molar refractivity (Wildman–Crippen MR) is 122 cm³/mol. The summed E-state index contributed by atoms with van der Waals surface area (Å²) >= 11 is 13.8. The lowest BCUT2D eigenvalue weighted by molar-refractivity contribution is -0.128. The minimum Gasteiger partial charge on any atom is -0.336 e. The van der Waals surface area contributed by atoms with E-state index < -0.39 is 0 Å². The van der Waals surface area contributed by atoms with E-state index in [4.69, 9.17) is 23.2 Å². The number of piperazine rings is 1. The fourth-order valence-corrected chi connectivity index (χ4v) is 5.35. The SMILES string of the molecule is O=C(c1ccc(F)cc1)N1CCN(CCN2C(=O)CSC2c2ccc(Cl)c(Cl)c2)CC1. The summed E-state index contributed by atoms with van der Waals surface area (Å²) in [7, 11) is 0. The lowest BCUT2D eigenvalue weighted by atomic mass is 10.1. The first-order valence-electron chi connectivity index (χ1n) is 10.1. The van der Waals surface area contributed by atoms with E-state index in [1.165, 1.54) is 24.3 Å². The minimum absolute atomic E-state index is 0.0661. The van der Waals surface area contributed by atoms with Gasteiger partial charge in [-0.25, -0.2) is 4.39 Å². The Morgan fingerprint density at radius 2 is 1.71 bits per heavy atom. The molecule has 2 aliphatic rings. The van der Waals surface area contributed by atoms with Crippen molar-refractivity contribution in [2.75, 3.05) is 45.0 Å². The molecule has 1 unspecified atom stereocenters. The zero-order valence-electron chi connectivity index (χ0n) is 16.8. The van der Waals surface area contributed by atoms with Gasteiger partial charge in [0.25, 0.3) is 5.91 Å². The molecule has 31 heavy (non-hydrogen) atoms. The maximum Gasteiger partial charge on any atom is 0.253 e. The van der Waals surface area contributed by atoms with Crippen molar-refractivity contribution in [3.05, 3.63) is 69.5 Å². The summed E-state index contributed by atoms with van der Waals surface area (Å²) in [6.07, 6.45) is 0. The van der Waals surface area contributed by atoms with Crippen molar-refractivity contribution in [1.82, 2.24) is 14.7 Å². The smallest absolute Gasteiger partial charge is 0.253 e. The van der Waals surface area contributed by atoms with Crippen LogP contribution >= 0.6 is 35.0 Å². The Hall–Kier alpha value is -1.80. The van der Waals surface area contributed by atoms with Gasteiger partial charge in [0.1, 0.15) is 11.2 Å². The van der Waals surface area contributed by atoms with Crippen LogP contribution in [-0.2, 0) is 4.79 Å². The highest BCUT2D eigenvalue weighted by Gasteiger charge is 2.33. The summed E-state index contributed by atoms with van der Waals surface area (Å²) in [4.78, 5) is 31.0. The predicted octanol–water partition coefficient (Wildman–Crippen LogP) is 4.16. The summed E-state index contributed by atoms with van der Waals surface area (Å²) < 4.78 is 13.1. The molecular formula is C22H22Cl2FN3O2S. The topological polar surface area (TPSA) is 43.9 Å². The van der Waals surface area contributed by atoms with Gasteiger partial charge in [0.2, 0.25) is 5.91 Å². The molecule has 0 aromatic heterocycles. The third kappa shape index (κ3) is 5.17. The number of nitrogens with zero attached hydrogens (tertiary/aromatic N) is 3. The van der Waals surface area contributed by atoms with Crippen LogP contribution in [0.15, 0.2) is 42.5 Å². The first-order chi connectivity index (χ1) is 14.9. The van der Waals surface area contributed by atoms with Crippen LogP contribution < -0.4 is 0 Å². The van der Waals surface area contributed by atoms with E-state index >= 15 is 0 Å². The van der Waals surface area contributed by atoms with Gasteiger partial charge in [0.15, 0.2) is 0 Å². The van der Waals surface area contributed by atoms with E-state index in [0.29, 0.717) is 41.0 Å². The molecule has 0 N–H and O–H groups in total. The Kier molecular flexibility index (Phi) is 7.06. The van der Waals surface area contributed by atoms with Gasteiger partial charge in [-0.05, 0) is 42.0 Å². The largest absolute Gasteiger partial charge is 0.336 e. The van der Waals surface area contributed by atoms with Gasteiger partial charge >= 0.3 is 0 Å². The summed E-state index contributed by atoms with van der Waals surface area (Å²) in [5.74, 6) is 0.136. The van der Waals surface area contributed by atoms with Gasteiger partial charge in [-0.3, -0.25) is 14.5 Å². The van der Waals surface area contributed by atoms with Crippen LogP contribution in [0.5, 0.6) is 0 Å². The van der Waals surface area contributed by atoms with E-state index in [0.717, 1.165) is 25.2 Å². The van der Waals surface area contributed by atoms with Gasteiger partial charge in [-0.2, -0.15) is 0 Å². The van der Waals surface area contributed by atoms with E-state index in [-0.39, 0.29) is 23.0 Å². The van der Waals surface area contributed by atoms with E-state index in [1.54, 1.807) is 22.7 Å². The molecule has 0 radical (unpaired) electrons. The number of hydrogen-bond acceptors (Lipinski definition) is 4. The summed E-state index contributed by atoms with van der Waals surface area (Å²) in [6.45, 7) is 4.04. The Morgan fingerprint density at radius 1 is 1.00 bits per heavy atom. The van der Waals surface area contributed by atoms with Crippen LogP contribution in [0.2, 0.25) is 10.0 Å². The highest BCUT2D eigenvalue weighted by atomic mass is 35.5. The van der Waals surface area contributed by atoms with Crippen molar-refractivity contribution in [1.29, 1.82) is 0 Å². The minimum atomic E-state index is -0.352. The Bertz CT molecular complexity index is 968. The maximum atomic E-state index is 13.1. The summed E-state index contributed by atoms with van der Waals surface area (Å²) in [5.41, 5.74) is 1.47. The van der Waals surface area contributed by atoms with Crippen molar-refractivity contribution in [3.8, 4) is 0 Å². The zero-order valence-corrected chi connectivity index (χ0v) is 19.1. The van der Waals surface area contributed by atoms with Crippen LogP contribution in [0.1, 0.15) is 21.3 Å². The molecule has 0 bridgehead atoms. The van der Waals surface area contributed by atoms with Crippen molar-refractivity contribution in [2.45, 2.75) is 5.37 Å². The zero-order chi connectivity index (χ0) is 22.0. The molecule has 2 amide bonds. The standard InChI is InChI=1S/C22H22Cl2FN3O2S/c23-18-6-3-16(13-19(18)24)22-28(20(29)14-31-22)12-9-26-7-10-27(11-8-26)21(30)15-1-4-17(25)5-2-15/h1-6,13,22H,7-12,14H2. The molecule has 9 heteroatoms. The van der Waals surface area contributed by atoms with Crippen molar-refractivity contribution in [3.63, 3.8) is 0 Å². The van der Waals surface area contributed by atoms with Crippen LogP contribution in [0.4, 0.5) is 4.39 Å². The van der Waals surface area contributed by atoms with Crippen LogP contribution in [-0.4, -0.2) is 71.5 Å². The Labute approximate surface area is 195 Å². The van der Waals surface area contributed by atoms with Gasteiger partial charge < -0.3 is 9.80 Å². The molecule has 1 atom stereocenters. The number of halogens is 3. The lowest BCUT2D eigenvalue weighted by Crippen LogP contribution is -2.50. The normalized spacial score (nSPS) is 19.8. The molecule has 2 saturated heterocycles. The van der Waals surface area contributed by atoms with E-state index in [1.807, 2.05) is 17.0 Å². The molecular weight excluding hydrogens is 460 g/mol. The monoisotopic (exact) mass is 481 g/mol. The second kappa shape index (κ2) is 9.77. The Morgan fingerprint density at radius 3 is 2.39 bits per heavy atom. The van der Waals surface area contributed by atoms with E-state index in [9.17, 15) is 14.0 Å². The van der Waals surface area contributed by atoms with Crippen molar-refractivity contribution in [2.24, 2.45) is 0 Å². The van der Waals surface area contributed by atoms with Gasteiger partial charge in [0.05, 0.1) is 15.8 Å². The number of amides is 2. The molecule has 4 rings (SSSR count). The van der Waals surface area contributed by atoms with Crippen molar-refractivity contribution >= 4 is 46.8 Å². The van der Waals surface area contributed by atoms with Crippen LogP contribution in [0, 0.1) is 5.82 Å². The first-order valence-corrected chi connectivity index (χ1v) is 11.9. The average molecular weight is 482 g/mol. The maximum absolute atomic E-state index is 13.1. The first kappa shape index (κ1) is 22.4. The molecule has 2 aromatic carbocycles. The highest BCUT2D eigenvalue weighted by molar-refractivity contribution is 8.00. The fourth-order valence-electron chi connectivity index (χ4n) is 3.84. The summed E-state index contributed by atoms with van der Waals surface area (Å²) in [6, 6.07) is 11.1. The third-order valence-electron chi connectivity index (χ3n) is 5.60. The quantitative estimate of drug-likeness (QED) is 0.642. The molecule has 0 saturated carbocycles. The molecule has 5 nitrogen and oxygen atoms in total.